The van der Waals surface area contributed by atoms with Gasteiger partial charge in [0.25, 0.3) is 0 Å². The van der Waals surface area contributed by atoms with Crippen molar-refractivity contribution in [1.82, 2.24) is 0 Å². The van der Waals surface area contributed by atoms with E-state index >= 15 is 0 Å². The van der Waals surface area contributed by atoms with Crippen LogP contribution in [-0.2, 0) is 11.8 Å². The standard InChI is InChI=1S/C16H23NO/c17-11-5-10-16(18)12-13-6-1-2-7-14(13)15(16)8-3-4-9-15/h1-2,6-7,18H,3-5,8-12,17H2. The maximum atomic E-state index is 11.2. The predicted octanol–water partition coefficient (Wildman–Crippen LogP) is 2.52. The highest BCUT2D eigenvalue weighted by Gasteiger charge is 2.56. The summed E-state index contributed by atoms with van der Waals surface area (Å²) in [6, 6.07) is 8.64. The van der Waals surface area contributed by atoms with Crippen molar-refractivity contribution in [2.75, 3.05) is 6.54 Å². The molecule has 1 unspecified atom stereocenters. The largest absolute Gasteiger partial charge is 0.389 e. The summed E-state index contributed by atoms with van der Waals surface area (Å²) in [6.07, 6.45) is 7.38. The van der Waals surface area contributed by atoms with Gasteiger partial charge in [0, 0.05) is 11.8 Å². The molecule has 2 heteroatoms. The molecule has 98 valence electrons. The SMILES string of the molecule is NCCCC1(O)Cc2ccccc2C12CCCC2. The van der Waals surface area contributed by atoms with Crippen LogP contribution in [0.4, 0.5) is 0 Å². The molecule has 1 spiro atoms. The zero-order chi connectivity index (χ0) is 12.6. The second-order valence-corrected chi connectivity index (χ2v) is 6.05. The Kier molecular flexibility index (Phi) is 2.95. The highest BCUT2D eigenvalue weighted by molar-refractivity contribution is 5.45. The first-order chi connectivity index (χ1) is 8.72. The Labute approximate surface area is 109 Å². The van der Waals surface area contributed by atoms with E-state index in [0.29, 0.717) is 6.54 Å². The highest BCUT2D eigenvalue weighted by atomic mass is 16.3. The number of benzene rings is 1. The van der Waals surface area contributed by atoms with E-state index in [-0.39, 0.29) is 5.41 Å². The molecule has 0 saturated heterocycles. The van der Waals surface area contributed by atoms with E-state index in [2.05, 4.69) is 24.3 Å². The van der Waals surface area contributed by atoms with Crippen molar-refractivity contribution in [1.29, 1.82) is 0 Å². The summed E-state index contributed by atoms with van der Waals surface area (Å²) in [6.45, 7) is 0.675. The molecule has 2 nitrogen and oxygen atoms in total. The van der Waals surface area contributed by atoms with E-state index in [1.165, 1.54) is 24.0 Å². The van der Waals surface area contributed by atoms with Gasteiger partial charge in [0.05, 0.1) is 5.60 Å². The molecule has 0 amide bonds. The van der Waals surface area contributed by atoms with Crippen LogP contribution in [0.15, 0.2) is 24.3 Å². The van der Waals surface area contributed by atoms with Gasteiger partial charge < -0.3 is 10.8 Å². The minimum Gasteiger partial charge on any atom is -0.389 e. The molecule has 0 heterocycles. The number of hydrogen-bond donors (Lipinski definition) is 2. The van der Waals surface area contributed by atoms with Gasteiger partial charge in [-0.3, -0.25) is 0 Å². The van der Waals surface area contributed by atoms with Gasteiger partial charge in [-0.2, -0.15) is 0 Å². The van der Waals surface area contributed by atoms with E-state index < -0.39 is 5.60 Å². The van der Waals surface area contributed by atoms with E-state index in [1.807, 2.05) is 0 Å². The van der Waals surface area contributed by atoms with Crippen molar-refractivity contribution in [2.24, 2.45) is 5.73 Å². The molecule has 0 radical (unpaired) electrons. The molecular formula is C16H23NO. The Bertz CT molecular complexity index is 436. The maximum Gasteiger partial charge on any atom is 0.0784 e. The van der Waals surface area contributed by atoms with Crippen molar-refractivity contribution >= 4 is 0 Å². The van der Waals surface area contributed by atoms with Crippen LogP contribution in [0.5, 0.6) is 0 Å². The van der Waals surface area contributed by atoms with Gasteiger partial charge in [0.2, 0.25) is 0 Å². The smallest absolute Gasteiger partial charge is 0.0784 e. The number of nitrogens with two attached hydrogens (primary N) is 1. The van der Waals surface area contributed by atoms with Crippen LogP contribution in [-0.4, -0.2) is 17.3 Å². The summed E-state index contributed by atoms with van der Waals surface area (Å²) in [5.41, 5.74) is 7.90. The van der Waals surface area contributed by atoms with Crippen LogP contribution in [0.25, 0.3) is 0 Å². The van der Waals surface area contributed by atoms with Gasteiger partial charge >= 0.3 is 0 Å². The third-order valence-corrected chi connectivity index (χ3v) is 5.16. The minimum absolute atomic E-state index is 0.0266. The Hall–Kier alpha value is -0.860. The molecule has 0 aromatic heterocycles. The molecule has 1 fully saturated rings. The molecule has 0 aliphatic heterocycles. The Morgan fingerprint density at radius 1 is 1.17 bits per heavy atom. The topological polar surface area (TPSA) is 46.2 Å². The molecular weight excluding hydrogens is 222 g/mol. The second kappa shape index (κ2) is 4.36. The first kappa shape index (κ1) is 12.2. The van der Waals surface area contributed by atoms with Gasteiger partial charge in [-0.25, -0.2) is 0 Å². The monoisotopic (exact) mass is 245 g/mol. The summed E-state index contributed by atoms with van der Waals surface area (Å²) >= 11 is 0. The van der Waals surface area contributed by atoms with Gasteiger partial charge in [-0.05, 0) is 43.4 Å². The Morgan fingerprint density at radius 3 is 2.61 bits per heavy atom. The molecule has 1 aromatic rings. The van der Waals surface area contributed by atoms with Crippen molar-refractivity contribution in [2.45, 2.75) is 56.0 Å². The molecule has 2 aliphatic rings. The van der Waals surface area contributed by atoms with Crippen molar-refractivity contribution in [3.63, 3.8) is 0 Å². The van der Waals surface area contributed by atoms with E-state index in [9.17, 15) is 5.11 Å². The molecule has 1 atom stereocenters. The fourth-order valence-electron chi connectivity index (χ4n) is 4.31. The zero-order valence-corrected chi connectivity index (χ0v) is 11.0. The number of aliphatic hydroxyl groups is 1. The first-order valence-corrected chi connectivity index (χ1v) is 7.23. The fraction of sp³-hybridized carbons (Fsp3) is 0.625. The van der Waals surface area contributed by atoms with Gasteiger partial charge in [0.15, 0.2) is 0 Å². The average Bonchev–Trinajstić information content (AvgIpc) is 2.95. The normalized spacial score (nSPS) is 28.8. The lowest BCUT2D eigenvalue weighted by Gasteiger charge is -2.40. The third-order valence-electron chi connectivity index (χ3n) is 5.16. The van der Waals surface area contributed by atoms with E-state index in [0.717, 1.165) is 32.1 Å². The molecule has 3 rings (SSSR count). The van der Waals surface area contributed by atoms with Gasteiger partial charge in [-0.15, -0.1) is 0 Å². The number of hydrogen-bond acceptors (Lipinski definition) is 2. The fourth-order valence-corrected chi connectivity index (χ4v) is 4.31. The lowest BCUT2D eigenvalue weighted by molar-refractivity contribution is -0.0337. The summed E-state index contributed by atoms with van der Waals surface area (Å²) < 4.78 is 0. The van der Waals surface area contributed by atoms with Crippen LogP contribution in [0, 0.1) is 0 Å². The minimum atomic E-state index is -0.549. The quantitative estimate of drug-likeness (QED) is 0.859. The van der Waals surface area contributed by atoms with Crippen LogP contribution >= 0.6 is 0 Å². The molecule has 1 saturated carbocycles. The second-order valence-electron chi connectivity index (χ2n) is 6.05. The van der Waals surface area contributed by atoms with E-state index in [1.54, 1.807) is 0 Å². The number of rotatable bonds is 3. The van der Waals surface area contributed by atoms with Crippen LogP contribution in [0.1, 0.15) is 49.7 Å². The molecule has 18 heavy (non-hydrogen) atoms. The van der Waals surface area contributed by atoms with Crippen LogP contribution in [0.2, 0.25) is 0 Å². The molecule has 1 aromatic carbocycles. The van der Waals surface area contributed by atoms with Crippen LogP contribution in [0.3, 0.4) is 0 Å². The maximum absolute atomic E-state index is 11.2. The predicted molar refractivity (Wildman–Crippen MR) is 73.5 cm³/mol. The van der Waals surface area contributed by atoms with Gasteiger partial charge in [-0.1, -0.05) is 37.1 Å². The van der Waals surface area contributed by atoms with Crippen molar-refractivity contribution < 1.29 is 5.11 Å². The molecule has 2 aliphatic carbocycles. The van der Waals surface area contributed by atoms with Crippen LogP contribution < -0.4 is 5.73 Å². The Morgan fingerprint density at radius 2 is 1.89 bits per heavy atom. The first-order valence-electron chi connectivity index (χ1n) is 7.23. The third kappa shape index (κ3) is 1.55. The highest BCUT2D eigenvalue weighted by Crippen LogP contribution is 2.56. The lowest BCUT2D eigenvalue weighted by Crippen LogP contribution is -2.47. The van der Waals surface area contributed by atoms with Crippen molar-refractivity contribution in [3.05, 3.63) is 35.4 Å². The van der Waals surface area contributed by atoms with E-state index in [4.69, 9.17) is 5.73 Å². The summed E-state index contributed by atoms with van der Waals surface area (Å²) in [5.74, 6) is 0. The number of fused-ring (bicyclic) bond motifs is 2. The molecule has 0 bridgehead atoms. The Balaban J connectivity index is 2.03. The molecule has 3 N–H and O–H groups in total. The summed E-state index contributed by atoms with van der Waals surface area (Å²) in [7, 11) is 0. The summed E-state index contributed by atoms with van der Waals surface area (Å²) in [4.78, 5) is 0. The average molecular weight is 245 g/mol. The summed E-state index contributed by atoms with van der Waals surface area (Å²) in [5, 5.41) is 11.2. The van der Waals surface area contributed by atoms with Gasteiger partial charge in [0.1, 0.15) is 0 Å². The van der Waals surface area contributed by atoms with Crippen molar-refractivity contribution in [3.8, 4) is 0 Å². The lowest BCUT2D eigenvalue weighted by atomic mass is 9.68. The zero-order valence-electron chi connectivity index (χ0n) is 11.0.